The van der Waals surface area contributed by atoms with Crippen LogP contribution in [0.3, 0.4) is 0 Å². The fourth-order valence-electron chi connectivity index (χ4n) is 2.70. The van der Waals surface area contributed by atoms with Gasteiger partial charge in [0.1, 0.15) is 6.10 Å². The zero-order valence-corrected chi connectivity index (χ0v) is 14.8. The van der Waals surface area contributed by atoms with Gasteiger partial charge < -0.3 is 10.1 Å². The highest BCUT2D eigenvalue weighted by Gasteiger charge is 2.36. The molecular weight excluding hydrogens is 395 g/mol. The van der Waals surface area contributed by atoms with E-state index < -0.39 is 44.8 Å². The van der Waals surface area contributed by atoms with Crippen LogP contribution in [0.1, 0.15) is 18.4 Å². The highest BCUT2D eigenvalue weighted by molar-refractivity contribution is 8.01. The molecule has 11 heteroatoms. The third kappa shape index (κ3) is 4.32. The minimum atomic E-state index is -4.52. The molecule has 142 valence electrons. The maximum Gasteiger partial charge on any atom is 0.416 e. The van der Waals surface area contributed by atoms with Gasteiger partial charge in [-0.2, -0.15) is 13.2 Å². The third-order valence-corrected chi connectivity index (χ3v) is 6.98. The standard InChI is InChI=1S/C15H14F3NO5S2/c16-15(17,18)8-1-2-11-10(5-8)19-14(21)12(25-11)6-13(20)24-9-3-4-26(22,23)7-9/h1-2,5,9,12H,3-4,6-7H2,(H,19,21)/t9-,12+/m1/s1. The van der Waals surface area contributed by atoms with Crippen molar-refractivity contribution in [1.82, 2.24) is 0 Å². The average Bonchev–Trinajstić information content (AvgIpc) is 2.85. The molecule has 3 rings (SSSR count). The normalized spacial score (nSPS) is 24.7. The van der Waals surface area contributed by atoms with Gasteiger partial charge in [-0.05, 0) is 24.6 Å². The summed E-state index contributed by atoms with van der Waals surface area (Å²) in [5, 5.41) is 1.51. The number of sulfone groups is 1. The van der Waals surface area contributed by atoms with Crippen molar-refractivity contribution in [3.63, 3.8) is 0 Å². The van der Waals surface area contributed by atoms with Crippen molar-refractivity contribution in [2.75, 3.05) is 16.8 Å². The molecule has 0 saturated carbocycles. The summed E-state index contributed by atoms with van der Waals surface area (Å²) in [6.45, 7) is 0. The summed E-state index contributed by atoms with van der Waals surface area (Å²) in [5.74, 6) is -1.59. The zero-order valence-electron chi connectivity index (χ0n) is 13.2. The van der Waals surface area contributed by atoms with Crippen LogP contribution in [0.4, 0.5) is 18.9 Å². The Bertz CT molecular complexity index is 853. The number of carbonyl (C=O) groups is 2. The van der Waals surface area contributed by atoms with Gasteiger partial charge in [-0.15, -0.1) is 11.8 Å². The van der Waals surface area contributed by atoms with Gasteiger partial charge in [-0.1, -0.05) is 0 Å². The molecule has 2 atom stereocenters. The van der Waals surface area contributed by atoms with Crippen LogP contribution in [0.2, 0.25) is 0 Å². The van der Waals surface area contributed by atoms with Crippen LogP contribution in [0.25, 0.3) is 0 Å². The molecule has 0 aliphatic carbocycles. The average molecular weight is 409 g/mol. The number of fused-ring (bicyclic) bond motifs is 1. The minimum absolute atomic E-state index is 0.0429. The van der Waals surface area contributed by atoms with Crippen molar-refractivity contribution < 1.29 is 35.9 Å². The number of nitrogens with one attached hydrogen (secondary N) is 1. The van der Waals surface area contributed by atoms with Crippen molar-refractivity contribution in [1.29, 1.82) is 0 Å². The fraction of sp³-hybridized carbons (Fsp3) is 0.467. The second-order valence-electron chi connectivity index (χ2n) is 6.02. The number of rotatable bonds is 3. The molecule has 1 aromatic rings. The summed E-state index contributed by atoms with van der Waals surface area (Å²) in [7, 11) is -3.19. The van der Waals surface area contributed by atoms with Crippen LogP contribution < -0.4 is 5.32 Å². The van der Waals surface area contributed by atoms with E-state index in [4.69, 9.17) is 4.74 Å². The van der Waals surface area contributed by atoms with Crippen molar-refractivity contribution >= 4 is 39.2 Å². The molecular formula is C15H14F3NO5S2. The van der Waals surface area contributed by atoms with Gasteiger partial charge in [0.2, 0.25) is 5.91 Å². The topological polar surface area (TPSA) is 89.5 Å². The van der Waals surface area contributed by atoms with Gasteiger partial charge in [0.05, 0.1) is 34.4 Å². The Morgan fingerprint density at radius 2 is 2.08 bits per heavy atom. The Balaban J connectivity index is 1.64. The Hall–Kier alpha value is -1.75. The lowest BCUT2D eigenvalue weighted by molar-refractivity contribution is -0.148. The van der Waals surface area contributed by atoms with Crippen molar-refractivity contribution in [2.24, 2.45) is 0 Å². The number of hydrogen-bond acceptors (Lipinski definition) is 6. The molecule has 1 fully saturated rings. The number of carbonyl (C=O) groups excluding carboxylic acids is 2. The number of amides is 1. The highest BCUT2D eigenvalue weighted by atomic mass is 32.2. The van der Waals surface area contributed by atoms with E-state index in [0.29, 0.717) is 4.90 Å². The first-order valence-electron chi connectivity index (χ1n) is 7.62. The van der Waals surface area contributed by atoms with Gasteiger partial charge in [0.15, 0.2) is 9.84 Å². The van der Waals surface area contributed by atoms with Gasteiger partial charge in [-0.25, -0.2) is 8.42 Å². The quantitative estimate of drug-likeness (QED) is 0.771. The molecule has 1 N–H and O–H groups in total. The first kappa shape index (κ1) is 19.0. The molecule has 0 unspecified atom stereocenters. The molecule has 0 spiro atoms. The first-order valence-corrected chi connectivity index (χ1v) is 10.3. The number of alkyl halides is 3. The van der Waals surface area contributed by atoms with Crippen molar-refractivity contribution in [3.8, 4) is 0 Å². The number of hydrogen-bond donors (Lipinski definition) is 1. The van der Waals surface area contributed by atoms with E-state index in [1.165, 1.54) is 6.07 Å². The number of ether oxygens (including phenoxy) is 1. The van der Waals surface area contributed by atoms with Crippen LogP contribution in [-0.2, 0) is 30.3 Å². The fourth-order valence-corrected chi connectivity index (χ4v) is 5.37. The summed E-state index contributed by atoms with van der Waals surface area (Å²) in [6, 6.07) is 2.99. The smallest absolute Gasteiger partial charge is 0.416 e. The largest absolute Gasteiger partial charge is 0.461 e. The maximum absolute atomic E-state index is 12.7. The Morgan fingerprint density at radius 1 is 1.35 bits per heavy atom. The van der Waals surface area contributed by atoms with Gasteiger partial charge in [-0.3, -0.25) is 9.59 Å². The second kappa shape index (κ2) is 6.76. The Labute approximate surface area is 151 Å². The Morgan fingerprint density at radius 3 is 2.69 bits per heavy atom. The molecule has 2 aliphatic heterocycles. The van der Waals surface area contributed by atoms with Crippen molar-refractivity contribution in [2.45, 2.75) is 35.3 Å². The van der Waals surface area contributed by atoms with E-state index in [2.05, 4.69) is 5.32 Å². The third-order valence-electron chi connectivity index (χ3n) is 3.97. The zero-order chi connectivity index (χ0) is 19.1. The van der Waals surface area contributed by atoms with Gasteiger partial charge in [0.25, 0.3) is 0 Å². The SMILES string of the molecule is O=C(C[C@@H]1Sc2ccc(C(F)(F)F)cc2NC1=O)O[C@@H]1CCS(=O)(=O)C1. The molecule has 0 radical (unpaired) electrons. The van der Waals surface area contributed by atoms with Crippen LogP contribution in [-0.4, -0.2) is 43.2 Å². The summed E-state index contributed by atoms with van der Waals surface area (Å²) in [5.41, 5.74) is -0.834. The van der Waals surface area contributed by atoms with E-state index >= 15 is 0 Å². The van der Waals surface area contributed by atoms with E-state index in [0.717, 1.165) is 23.9 Å². The Kier molecular flexibility index (Phi) is 4.95. The van der Waals surface area contributed by atoms with Crippen LogP contribution >= 0.6 is 11.8 Å². The van der Waals surface area contributed by atoms with Crippen LogP contribution in [0, 0.1) is 0 Å². The van der Waals surface area contributed by atoms with E-state index in [1.54, 1.807) is 0 Å². The molecule has 0 bridgehead atoms. The lowest BCUT2D eigenvalue weighted by Gasteiger charge is -2.24. The predicted octanol–water partition coefficient (Wildman–Crippen LogP) is 2.24. The van der Waals surface area contributed by atoms with E-state index in [9.17, 15) is 31.2 Å². The van der Waals surface area contributed by atoms with Crippen LogP contribution in [0.5, 0.6) is 0 Å². The molecule has 1 aromatic carbocycles. The van der Waals surface area contributed by atoms with E-state index in [1.807, 2.05) is 0 Å². The van der Waals surface area contributed by atoms with Crippen LogP contribution in [0.15, 0.2) is 23.1 Å². The number of anilines is 1. The molecule has 1 amide bonds. The highest BCUT2D eigenvalue weighted by Crippen LogP contribution is 2.40. The molecule has 1 saturated heterocycles. The molecule has 6 nitrogen and oxygen atoms in total. The molecule has 0 aromatic heterocycles. The summed E-state index contributed by atoms with van der Waals surface area (Å²) in [4.78, 5) is 24.5. The molecule has 2 heterocycles. The number of halogens is 3. The van der Waals surface area contributed by atoms with Gasteiger partial charge in [0, 0.05) is 4.90 Å². The number of benzene rings is 1. The van der Waals surface area contributed by atoms with Crippen molar-refractivity contribution in [3.05, 3.63) is 23.8 Å². The minimum Gasteiger partial charge on any atom is -0.461 e. The lowest BCUT2D eigenvalue weighted by Crippen LogP contribution is -2.32. The molecule has 2 aliphatic rings. The summed E-state index contributed by atoms with van der Waals surface area (Å²) in [6.07, 6.45) is -5.31. The molecule has 26 heavy (non-hydrogen) atoms. The van der Waals surface area contributed by atoms with Gasteiger partial charge >= 0.3 is 12.1 Å². The number of thioether (sulfide) groups is 1. The monoisotopic (exact) mass is 409 g/mol. The number of esters is 1. The lowest BCUT2D eigenvalue weighted by atomic mass is 10.1. The summed E-state index contributed by atoms with van der Waals surface area (Å²) < 4.78 is 66.0. The summed E-state index contributed by atoms with van der Waals surface area (Å²) >= 11 is 0.972. The first-order chi connectivity index (χ1) is 12.0. The van der Waals surface area contributed by atoms with E-state index in [-0.39, 0.29) is 30.0 Å². The second-order valence-corrected chi connectivity index (χ2v) is 9.50. The predicted molar refractivity (Wildman–Crippen MR) is 87.5 cm³/mol. The maximum atomic E-state index is 12.7.